The van der Waals surface area contributed by atoms with Gasteiger partial charge in [0.05, 0.1) is 6.54 Å². The fourth-order valence-corrected chi connectivity index (χ4v) is 3.29. The number of hydrogen-bond acceptors (Lipinski definition) is 2. The molecule has 0 bridgehead atoms. The van der Waals surface area contributed by atoms with Crippen LogP contribution in [0.25, 0.3) is 0 Å². The molecule has 3 nitrogen and oxygen atoms in total. The molecule has 2 aromatic carbocycles. The number of carbonyl (C=O) groups is 1. The highest BCUT2D eigenvalue weighted by atomic mass is 16.2. The fourth-order valence-electron chi connectivity index (χ4n) is 3.29. The van der Waals surface area contributed by atoms with Gasteiger partial charge < -0.3 is 10.2 Å². The van der Waals surface area contributed by atoms with Crippen LogP contribution >= 0.6 is 0 Å². The molecule has 1 amide bonds. The van der Waals surface area contributed by atoms with E-state index in [4.69, 9.17) is 0 Å². The summed E-state index contributed by atoms with van der Waals surface area (Å²) in [5, 5.41) is 3.25. The minimum atomic E-state index is 0.125. The van der Waals surface area contributed by atoms with Gasteiger partial charge in [0.15, 0.2) is 0 Å². The third-order valence-corrected chi connectivity index (χ3v) is 4.41. The number of anilines is 2. The first kappa shape index (κ1) is 15.6. The molecule has 0 aromatic heterocycles. The van der Waals surface area contributed by atoms with Crippen molar-refractivity contribution in [3.63, 3.8) is 0 Å². The van der Waals surface area contributed by atoms with Crippen molar-refractivity contribution < 1.29 is 4.79 Å². The standard InChI is InChI=1S/C20H24N2O/c1-3-6-16-9-11-18(12-10-16)21-14-20(23)22-15(2)13-17-7-4-5-8-19(17)22/h4-5,7-12,15,21H,3,6,13-14H2,1-2H3. The molecular weight excluding hydrogens is 284 g/mol. The molecule has 0 saturated heterocycles. The number of aryl methyl sites for hydroxylation is 1. The number of benzene rings is 2. The molecule has 0 saturated carbocycles. The SMILES string of the molecule is CCCc1ccc(NCC(=O)N2c3ccccc3CC2C)cc1. The van der Waals surface area contributed by atoms with Crippen molar-refractivity contribution in [3.05, 3.63) is 59.7 Å². The molecule has 1 N–H and O–H groups in total. The van der Waals surface area contributed by atoms with Crippen LogP contribution in [0, 0.1) is 0 Å². The Labute approximate surface area is 138 Å². The average molecular weight is 308 g/mol. The third kappa shape index (κ3) is 3.39. The van der Waals surface area contributed by atoms with E-state index >= 15 is 0 Å². The van der Waals surface area contributed by atoms with E-state index in [9.17, 15) is 4.79 Å². The Bertz CT molecular complexity index is 678. The van der Waals surface area contributed by atoms with Crippen LogP contribution in [-0.4, -0.2) is 18.5 Å². The van der Waals surface area contributed by atoms with Crippen LogP contribution in [0.5, 0.6) is 0 Å². The van der Waals surface area contributed by atoms with Gasteiger partial charge in [-0.1, -0.05) is 43.7 Å². The number of hydrogen-bond donors (Lipinski definition) is 1. The summed E-state index contributed by atoms with van der Waals surface area (Å²) in [6.45, 7) is 4.61. The maximum Gasteiger partial charge on any atom is 0.246 e. The zero-order valence-electron chi connectivity index (χ0n) is 13.9. The third-order valence-electron chi connectivity index (χ3n) is 4.41. The number of fused-ring (bicyclic) bond motifs is 1. The van der Waals surface area contributed by atoms with E-state index in [2.05, 4.69) is 49.5 Å². The van der Waals surface area contributed by atoms with Crippen molar-refractivity contribution in [1.29, 1.82) is 0 Å². The van der Waals surface area contributed by atoms with Crippen LogP contribution in [0.1, 0.15) is 31.4 Å². The fraction of sp³-hybridized carbons (Fsp3) is 0.350. The molecule has 3 rings (SSSR count). The van der Waals surface area contributed by atoms with E-state index in [0.717, 1.165) is 30.6 Å². The number of nitrogens with zero attached hydrogens (tertiary/aromatic N) is 1. The minimum absolute atomic E-state index is 0.125. The van der Waals surface area contributed by atoms with Gasteiger partial charge in [-0.2, -0.15) is 0 Å². The van der Waals surface area contributed by atoms with E-state index in [1.807, 2.05) is 23.1 Å². The summed E-state index contributed by atoms with van der Waals surface area (Å²) in [5.74, 6) is 0.125. The summed E-state index contributed by atoms with van der Waals surface area (Å²) in [5.41, 5.74) is 4.66. The van der Waals surface area contributed by atoms with Gasteiger partial charge in [0.2, 0.25) is 5.91 Å². The maximum atomic E-state index is 12.6. The molecule has 1 heterocycles. The Kier molecular flexibility index (Phi) is 4.65. The predicted molar refractivity (Wildman–Crippen MR) is 96.0 cm³/mol. The zero-order chi connectivity index (χ0) is 16.2. The van der Waals surface area contributed by atoms with Gasteiger partial charge in [0, 0.05) is 17.4 Å². The summed E-state index contributed by atoms with van der Waals surface area (Å²) >= 11 is 0. The van der Waals surface area contributed by atoms with E-state index < -0.39 is 0 Å². The van der Waals surface area contributed by atoms with Crippen molar-refractivity contribution in [3.8, 4) is 0 Å². The highest BCUT2D eigenvalue weighted by molar-refractivity contribution is 5.98. The summed E-state index contributed by atoms with van der Waals surface area (Å²) in [6.07, 6.45) is 3.19. The van der Waals surface area contributed by atoms with Crippen LogP contribution in [0.3, 0.4) is 0 Å². The topological polar surface area (TPSA) is 32.3 Å². The first-order valence-corrected chi connectivity index (χ1v) is 8.42. The largest absolute Gasteiger partial charge is 0.376 e. The van der Waals surface area contributed by atoms with Gasteiger partial charge in [0.1, 0.15) is 0 Å². The molecule has 1 unspecified atom stereocenters. The second-order valence-electron chi connectivity index (χ2n) is 6.25. The number of nitrogens with one attached hydrogen (secondary N) is 1. The van der Waals surface area contributed by atoms with Crippen molar-refractivity contribution in [2.24, 2.45) is 0 Å². The lowest BCUT2D eigenvalue weighted by atomic mass is 10.1. The highest BCUT2D eigenvalue weighted by Gasteiger charge is 2.29. The lowest BCUT2D eigenvalue weighted by Gasteiger charge is -2.23. The molecule has 120 valence electrons. The van der Waals surface area contributed by atoms with E-state index in [0.29, 0.717) is 6.54 Å². The first-order valence-electron chi connectivity index (χ1n) is 8.42. The van der Waals surface area contributed by atoms with Gasteiger partial charge in [-0.05, 0) is 49.1 Å². The molecule has 2 aromatic rings. The van der Waals surface area contributed by atoms with Crippen LogP contribution in [-0.2, 0) is 17.6 Å². The molecule has 0 fully saturated rings. The van der Waals surface area contributed by atoms with Crippen molar-refractivity contribution >= 4 is 17.3 Å². The Morgan fingerprint density at radius 1 is 1.17 bits per heavy atom. The van der Waals surface area contributed by atoms with E-state index in [-0.39, 0.29) is 11.9 Å². The number of carbonyl (C=O) groups excluding carboxylic acids is 1. The minimum Gasteiger partial charge on any atom is -0.376 e. The van der Waals surface area contributed by atoms with Gasteiger partial charge >= 0.3 is 0 Å². The summed E-state index contributed by atoms with van der Waals surface area (Å²) in [6, 6.07) is 16.8. The monoisotopic (exact) mass is 308 g/mol. The molecule has 0 aliphatic carbocycles. The molecule has 0 radical (unpaired) electrons. The van der Waals surface area contributed by atoms with E-state index in [1.165, 1.54) is 11.1 Å². The van der Waals surface area contributed by atoms with Gasteiger partial charge in [-0.25, -0.2) is 0 Å². The molecule has 23 heavy (non-hydrogen) atoms. The molecule has 3 heteroatoms. The zero-order valence-corrected chi connectivity index (χ0v) is 13.9. The van der Waals surface area contributed by atoms with Gasteiger partial charge in [-0.3, -0.25) is 4.79 Å². The van der Waals surface area contributed by atoms with Crippen LogP contribution in [0.2, 0.25) is 0 Å². The number of para-hydroxylation sites is 1. The summed E-state index contributed by atoms with van der Waals surface area (Å²) in [4.78, 5) is 14.5. The molecule has 1 atom stereocenters. The van der Waals surface area contributed by atoms with Crippen LogP contribution < -0.4 is 10.2 Å². The molecule has 1 aliphatic heterocycles. The van der Waals surface area contributed by atoms with Crippen molar-refractivity contribution in [1.82, 2.24) is 0 Å². The molecule has 1 aliphatic rings. The van der Waals surface area contributed by atoms with Gasteiger partial charge in [-0.15, -0.1) is 0 Å². The lowest BCUT2D eigenvalue weighted by Crippen LogP contribution is -2.39. The first-order chi connectivity index (χ1) is 11.2. The Morgan fingerprint density at radius 2 is 1.91 bits per heavy atom. The lowest BCUT2D eigenvalue weighted by molar-refractivity contribution is -0.117. The predicted octanol–water partition coefficient (Wildman–Crippen LogP) is 4.03. The Morgan fingerprint density at radius 3 is 2.65 bits per heavy atom. The smallest absolute Gasteiger partial charge is 0.246 e. The second-order valence-corrected chi connectivity index (χ2v) is 6.25. The van der Waals surface area contributed by atoms with Crippen molar-refractivity contribution in [2.75, 3.05) is 16.8 Å². The normalized spacial score (nSPS) is 16.3. The highest BCUT2D eigenvalue weighted by Crippen LogP contribution is 2.31. The van der Waals surface area contributed by atoms with Crippen LogP contribution in [0.15, 0.2) is 48.5 Å². The maximum absolute atomic E-state index is 12.6. The van der Waals surface area contributed by atoms with E-state index in [1.54, 1.807) is 0 Å². The molecular formula is C20H24N2O. The molecule has 0 spiro atoms. The Hall–Kier alpha value is -2.29. The quantitative estimate of drug-likeness (QED) is 0.904. The number of amides is 1. The summed E-state index contributed by atoms with van der Waals surface area (Å²) < 4.78 is 0. The second kappa shape index (κ2) is 6.86. The average Bonchev–Trinajstić information content (AvgIpc) is 2.90. The van der Waals surface area contributed by atoms with Crippen LogP contribution in [0.4, 0.5) is 11.4 Å². The summed E-state index contributed by atoms with van der Waals surface area (Å²) in [7, 11) is 0. The van der Waals surface area contributed by atoms with Gasteiger partial charge in [0.25, 0.3) is 0 Å². The number of rotatable bonds is 5. The van der Waals surface area contributed by atoms with Crippen molar-refractivity contribution in [2.45, 2.75) is 39.2 Å². The Balaban J connectivity index is 1.63.